The molecule has 0 radical (unpaired) electrons. The number of anilines is 1. The molecule has 3 aromatic rings. The molecule has 1 aliphatic rings. The predicted octanol–water partition coefficient (Wildman–Crippen LogP) is 5.11. The Morgan fingerprint density at radius 3 is 2.37 bits per heavy atom. The van der Waals surface area contributed by atoms with Crippen molar-refractivity contribution in [3.63, 3.8) is 0 Å². The van der Waals surface area contributed by atoms with Crippen LogP contribution in [0.1, 0.15) is 61.1 Å². The smallest absolute Gasteiger partial charge is 0.416 e. The summed E-state index contributed by atoms with van der Waals surface area (Å²) in [7, 11) is 0. The van der Waals surface area contributed by atoms with Crippen LogP contribution in [0.4, 0.5) is 24.0 Å². The van der Waals surface area contributed by atoms with Gasteiger partial charge in [-0.15, -0.1) is 5.10 Å². The molecule has 1 aliphatic heterocycles. The van der Waals surface area contributed by atoms with Gasteiger partial charge in [-0.1, -0.05) is 35.4 Å². The number of alkyl halides is 3. The molecule has 2 aromatic carbocycles. The number of ether oxygens (including phenoxy) is 2. The molecule has 0 bridgehead atoms. The molecule has 0 aliphatic carbocycles. The summed E-state index contributed by atoms with van der Waals surface area (Å²) in [6, 6.07) is 9.87. The highest BCUT2D eigenvalue weighted by Gasteiger charge is 2.31. The summed E-state index contributed by atoms with van der Waals surface area (Å²) in [6.45, 7) is 9.08. The first-order valence-electron chi connectivity index (χ1n) is 13.0. The molecule has 1 saturated heterocycles. The van der Waals surface area contributed by atoms with E-state index >= 15 is 0 Å². The molecule has 2 amide bonds. The maximum atomic E-state index is 13.5. The first-order chi connectivity index (χ1) is 19.3. The zero-order chi connectivity index (χ0) is 29.8. The average molecular weight is 576 g/mol. The summed E-state index contributed by atoms with van der Waals surface area (Å²) in [5.41, 5.74) is 0.464. The van der Waals surface area contributed by atoms with E-state index in [1.807, 2.05) is 4.90 Å². The van der Waals surface area contributed by atoms with Crippen LogP contribution in [0.15, 0.2) is 46.9 Å². The number of alkyl carbamates (subject to hydrolysis) is 1. The number of morpholine rings is 1. The quantitative estimate of drug-likeness (QED) is 0.399. The lowest BCUT2D eigenvalue weighted by Gasteiger charge is -2.24. The maximum Gasteiger partial charge on any atom is 0.416 e. The van der Waals surface area contributed by atoms with Crippen molar-refractivity contribution >= 4 is 18.0 Å². The van der Waals surface area contributed by atoms with Gasteiger partial charge in [-0.2, -0.15) is 13.2 Å². The number of aromatic nitrogens is 2. The van der Waals surface area contributed by atoms with Gasteiger partial charge in [-0.25, -0.2) is 4.79 Å². The summed E-state index contributed by atoms with van der Waals surface area (Å²) >= 11 is 0. The Morgan fingerprint density at radius 2 is 1.73 bits per heavy atom. The van der Waals surface area contributed by atoms with E-state index in [4.69, 9.17) is 13.9 Å². The normalized spacial score (nSPS) is 14.9. The molecule has 0 saturated carbocycles. The average Bonchev–Trinajstić information content (AvgIpc) is 3.42. The molecule has 4 rings (SSSR count). The number of halogens is 3. The van der Waals surface area contributed by atoms with E-state index in [2.05, 4.69) is 20.8 Å². The standard InChI is InChI=1S/C28H32F3N5O5/c1-17(33-23(37)24-34-35-25(40-24)36-11-13-39-14-12-36)18-5-7-19(8-6-18)22-15-21(28(29,30)31)10-9-20(22)16-32-26(38)41-27(2,3)4/h5-10,15,17H,11-14,16H2,1-4H3,(H,32,38)(H,33,37)/t17-/m1/s1. The summed E-state index contributed by atoms with van der Waals surface area (Å²) < 4.78 is 56.5. The highest BCUT2D eigenvalue weighted by atomic mass is 19.4. The van der Waals surface area contributed by atoms with E-state index in [-0.39, 0.29) is 18.5 Å². The van der Waals surface area contributed by atoms with Gasteiger partial charge in [-0.3, -0.25) is 4.79 Å². The highest BCUT2D eigenvalue weighted by molar-refractivity contribution is 5.89. The van der Waals surface area contributed by atoms with Crippen molar-refractivity contribution in [2.24, 2.45) is 0 Å². The lowest BCUT2D eigenvalue weighted by molar-refractivity contribution is -0.137. The van der Waals surface area contributed by atoms with E-state index in [1.54, 1.807) is 52.0 Å². The van der Waals surface area contributed by atoms with E-state index in [0.717, 1.165) is 12.1 Å². The first kappa shape index (κ1) is 29.8. The number of rotatable bonds is 7. The van der Waals surface area contributed by atoms with Gasteiger partial charge in [0.2, 0.25) is 0 Å². The molecule has 1 atom stereocenters. The molecule has 10 nitrogen and oxygen atoms in total. The van der Waals surface area contributed by atoms with Crippen LogP contribution in [0.2, 0.25) is 0 Å². The van der Waals surface area contributed by atoms with Crippen LogP contribution in [0.3, 0.4) is 0 Å². The van der Waals surface area contributed by atoms with Gasteiger partial charge in [0.05, 0.1) is 24.8 Å². The van der Waals surface area contributed by atoms with E-state index in [1.165, 1.54) is 6.07 Å². The fraction of sp³-hybridized carbons (Fsp3) is 0.429. The van der Waals surface area contributed by atoms with Crippen molar-refractivity contribution in [2.45, 2.75) is 52.1 Å². The zero-order valence-corrected chi connectivity index (χ0v) is 23.2. The molecular formula is C28H32F3N5O5. The van der Waals surface area contributed by atoms with E-state index in [0.29, 0.717) is 48.6 Å². The van der Waals surface area contributed by atoms with Crippen molar-refractivity contribution in [1.29, 1.82) is 0 Å². The molecule has 0 spiro atoms. The Balaban J connectivity index is 1.48. The number of carbonyl (C=O) groups is 2. The molecule has 1 aromatic heterocycles. The molecule has 13 heteroatoms. The van der Waals surface area contributed by atoms with Gasteiger partial charge in [0.25, 0.3) is 0 Å². The minimum atomic E-state index is -4.54. The van der Waals surface area contributed by atoms with E-state index in [9.17, 15) is 22.8 Å². The lowest BCUT2D eigenvalue weighted by atomic mass is 9.95. The van der Waals surface area contributed by atoms with Gasteiger partial charge in [0.15, 0.2) is 0 Å². The van der Waals surface area contributed by atoms with Crippen LogP contribution in [0.25, 0.3) is 11.1 Å². The van der Waals surface area contributed by atoms with Crippen molar-refractivity contribution < 1.29 is 36.7 Å². The Morgan fingerprint density at radius 1 is 1.05 bits per heavy atom. The third-order valence-electron chi connectivity index (χ3n) is 6.22. The van der Waals surface area contributed by atoms with Crippen LogP contribution in [0.5, 0.6) is 0 Å². The van der Waals surface area contributed by atoms with Gasteiger partial charge < -0.3 is 29.4 Å². The van der Waals surface area contributed by atoms with Crippen LogP contribution in [0, 0.1) is 0 Å². The number of carbonyl (C=O) groups excluding carboxylic acids is 2. The largest absolute Gasteiger partial charge is 0.444 e. The number of nitrogens with one attached hydrogen (secondary N) is 2. The summed E-state index contributed by atoms with van der Waals surface area (Å²) in [5.74, 6) is -0.733. The number of amides is 2. The Bertz CT molecular complexity index is 1360. The fourth-order valence-electron chi connectivity index (χ4n) is 4.14. The monoisotopic (exact) mass is 575 g/mol. The van der Waals surface area contributed by atoms with Crippen molar-refractivity contribution in [2.75, 3.05) is 31.2 Å². The van der Waals surface area contributed by atoms with Crippen LogP contribution in [-0.2, 0) is 22.2 Å². The van der Waals surface area contributed by atoms with Crippen molar-refractivity contribution in [3.8, 4) is 11.1 Å². The summed E-state index contributed by atoms with van der Waals surface area (Å²) in [5, 5.41) is 13.2. The van der Waals surface area contributed by atoms with Crippen LogP contribution in [-0.4, -0.2) is 54.1 Å². The molecule has 2 heterocycles. The van der Waals surface area contributed by atoms with Gasteiger partial charge in [0, 0.05) is 19.6 Å². The first-order valence-corrected chi connectivity index (χ1v) is 13.0. The molecule has 41 heavy (non-hydrogen) atoms. The SMILES string of the molecule is C[C@@H](NC(=O)c1nnc(N2CCOCC2)o1)c1ccc(-c2cc(C(F)(F)F)ccc2CNC(=O)OC(C)(C)C)cc1. The Labute approximate surface area is 235 Å². The molecular weight excluding hydrogens is 543 g/mol. The zero-order valence-electron chi connectivity index (χ0n) is 23.2. The number of benzene rings is 2. The third kappa shape index (κ3) is 7.97. The fourth-order valence-corrected chi connectivity index (χ4v) is 4.14. The lowest BCUT2D eigenvalue weighted by Crippen LogP contribution is -2.36. The van der Waals surface area contributed by atoms with Crippen LogP contribution < -0.4 is 15.5 Å². The van der Waals surface area contributed by atoms with Gasteiger partial charge >= 0.3 is 30.1 Å². The van der Waals surface area contributed by atoms with Gasteiger partial charge in [0.1, 0.15) is 5.60 Å². The summed E-state index contributed by atoms with van der Waals surface area (Å²) in [6.07, 6.45) is -5.22. The second kappa shape index (κ2) is 12.2. The van der Waals surface area contributed by atoms with Crippen molar-refractivity contribution in [3.05, 3.63) is 65.0 Å². The van der Waals surface area contributed by atoms with Crippen molar-refractivity contribution in [1.82, 2.24) is 20.8 Å². The second-order valence-corrected chi connectivity index (χ2v) is 10.5. The molecule has 2 N–H and O–H groups in total. The second-order valence-electron chi connectivity index (χ2n) is 10.5. The molecule has 0 unspecified atom stereocenters. The Kier molecular flexibility index (Phi) is 8.86. The minimum absolute atomic E-state index is 0.0345. The van der Waals surface area contributed by atoms with Gasteiger partial charge in [-0.05, 0) is 62.1 Å². The third-order valence-corrected chi connectivity index (χ3v) is 6.22. The number of nitrogens with zero attached hydrogens (tertiary/aromatic N) is 3. The minimum Gasteiger partial charge on any atom is -0.444 e. The molecule has 220 valence electrons. The maximum absolute atomic E-state index is 13.5. The number of hydrogen-bond acceptors (Lipinski definition) is 8. The van der Waals surface area contributed by atoms with E-state index < -0.39 is 35.4 Å². The summed E-state index contributed by atoms with van der Waals surface area (Å²) in [4.78, 5) is 26.7. The topological polar surface area (TPSA) is 119 Å². The number of hydrogen-bond donors (Lipinski definition) is 2. The van der Waals surface area contributed by atoms with Crippen LogP contribution >= 0.6 is 0 Å². The highest BCUT2D eigenvalue weighted by Crippen LogP contribution is 2.34. The molecule has 1 fully saturated rings. The predicted molar refractivity (Wildman–Crippen MR) is 143 cm³/mol. The Hall–Kier alpha value is -4.13.